The van der Waals surface area contributed by atoms with Crippen molar-refractivity contribution in [3.8, 4) is 5.95 Å². The molecule has 0 atom stereocenters. The fourth-order valence-corrected chi connectivity index (χ4v) is 1.41. The number of amides is 1. The highest BCUT2D eigenvalue weighted by atomic mass is 16.6. The molecule has 2 aromatic rings. The molecular formula is C13H9NO6. The first kappa shape index (κ1) is 13.3. The summed E-state index contributed by atoms with van der Waals surface area (Å²) in [6, 6.07) is 8.62. The van der Waals surface area contributed by atoms with Gasteiger partial charge in [0.15, 0.2) is 0 Å². The van der Waals surface area contributed by atoms with Crippen molar-refractivity contribution in [2.24, 2.45) is 5.73 Å². The summed E-state index contributed by atoms with van der Waals surface area (Å²) in [5, 5.41) is 0.771. The summed E-state index contributed by atoms with van der Waals surface area (Å²) in [5.41, 5.74) is 5.18. The predicted molar refractivity (Wildman–Crippen MR) is 66.7 cm³/mol. The van der Waals surface area contributed by atoms with E-state index in [0.29, 0.717) is 5.58 Å². The molecule has 102 valence electrons. The Labute approximate surface area is 112 Å². The van der Waals surface area contributed by atoms with Crippen LogP contribution in [-0.4, -0.2) is 18.0 Å². The quantitative estimate of drug-likeness (QED) is 0.516. The third-order valence-corrected chi connectivity index (χ3v) is 2.16. The number of primary amides is 1. The Morgan fingerprint density at radius 3 is 2.50 bits per heavy atom. The van der Waals surface area contributed by atoms with Crippen LogP contribution in [0.2, 0.25) is 0 Å². The zero-order valence-corrected chi connectivity index (χ0v) is 10.1. The number of benzene rings is 1. The highest BCUT2D eigenvalue weighted by Crippen LogP contribution is 2.24. The van der Waals surface area contributed by atoms with Crippen LogP contribution < -0.4 is 10.5 Å². The zero-order valence-electron chi connectivity index (χ0n) is 10.1. The van der Waals surface area contributed by atoms with E-state index in [1.165, 1.54) is 6.07 Å². The van der Waals surface area contributed by atoms with Crippen LogP contribution in [0.5, 0.6) is 5.95 Å². The molecule has 20 heavy (non-hydrogen) atoms. The average molecular weight is 275 g/mol. The molecule has 1 aromatic carbocycles. The maximum Gasteiger partial charge on any atom is 0.412 e. The minimum atomic E-state index is -1.26. The fourth-order valence-electron chi connectivity index (χ4n) is 1.41. The normalized spacial score (nSPS) is 10.6. The number of carbonyl (C=O) groups excluding carboxylic acids is 3. The second kappa shape index (κ2) is 5.70. The smallest absolute Gasteiger partial charge is 0.412 e. The van der Waals surface area contributed by atoms with Gasteiger partial charge < -0.3 is 19.6 Å². The van der Waals surface area contributed by atoms with Crippen LogP contribution in [0.15, 0.2) is 46.9 Å². The summed E-state index contributed by atoms with van der Waals surface area (Å²) < 4.78 is 14.1. The zero-order chi connectivity index (χ0) is 14.5. The SMILES string of the molecule is NC(=O)OC(=O)/C=C/C(=O)Oc1cc2ccccc2o1. The minimum Gasteiger partial charge on any atom is -0.425 e. The standard InChI is InChI=1S/C13H9NO6/c14-13(17)20-11(16)6-5-10(15)19-12-7-8-3-1-2-4-9(8)18-12/h1-7H,(H2,14,17)/b6-5+. The van der Waals surface area contributed by atoms with E-state index in [1.54, 1.807) is 18.2 Å². The molecule has 7 nitrogen and oxygen atoms in total. The topological polar surface area (TPSA) is 109 Å². The molecule has 1 amide bonds. The Morgan fingerprint density at radius 2 is 1.80 bits per heavy atom. The number of ether oxygens (including phenoxy) is 2. The van der Waals surface area contributed by atoms with Gasteiger partial charge in [0, 0.05) is 23.6 Å². The molecule has 0 aliphatic rings. The summed E-state index contributed by atoms with van der Waals surface area (Å²) in [5.74, 6) is -1.94. The molecule has 0 spiro atoms. The lowest BCUT2D eigenvalue weighted by atomic mass is 10.3. The van der Waals surface area contributed by atoms with E-state index >= 15 is 0 Å². The number of nitrogens with two attached hydrogens (primary N) is 1. The van der Waals surface area contributed by atoms with Crippen molar-refractivity contribution in [2.75, 3.05) is 0 Å². The molecule has 0 aliphatic heterocycles. The number of para-hydroxylation sites is 1. The van der Waals surface area contributed by atoms with E-state index in [2.05, 4.69) is 10.5 Å². The molecule has 0 saturated heterocycles. The van der Waals surface area contributed by atoms with Crippen molar-refractivity contribution in [1.29, 1.82) is 0 Å². The molecule has 0 aliphatic carbocycles. The van der Waals surface area contributed by atoms with Crippen molar-refractivity contribution >= 4 is 29.0 Å². The van der Waals surface area contributed by atoms with Crippen LogP contribution in [0.25, 0.3) is 11.0 Å². The van der Waals surface area contributed by atoms with Gasteiger partial charge in [-0.2, -0.15) is 0 Å². The minimum absolute atomic E-state index is 0.0101. The van der Waals surface area contributed by atoms with Crippen molar-refractivity contribution in [2.45, 2.75) is 0 Å². The Kier molecular flexibility index (Phi) is 3.80. The van der Waals surface area contributed by atoms with E-state index < -0.39 is 18.0 Å². The molecule has 2 N–H and O–H groups in total. The van der Waals surface area contributed by atoms with Gasteiger partial charge in [-0.15, -0.1) is 0 Å². The lowest BCUT2D eigenvalue weighted by Crippen LogP contribution is -2.17. The van der Waals surface area contributed by atoms with Gasteiger partial charge in [0.05, 0.1) is 0 Å². The molecule has 7 heteroatoms. The molecule has 0 radical (unpaired) electrons. The summed E-state index contributed by atoms with van der Waals surface area (Å²) in [6.07, 6.45) is 0.249. The van der Waals surface area contributed by atoms with Gasteiger partial charge in [0.1, 0.15) is 5.58 Å². The van der Waals surface area contributed by atoms with E-state index in [-0.39, 0.29) is 5.95 Å². The molecule has 0 fully saturated rings. The van der Waals surface area contributed by atoms with Crippen molar-refractivity contribution < 1.29 is 28.3 Å². The molecule has 1 heterocycles. The Morgan fingerprint density at radius 1 is 1.10 bits per heavy atom. The number of esters is 2. The first-order valence-corrected chi connectivity index (χ1v) is 5.44. The first-order chi connectivity index (χ1) is 9.54. The Bertz CT molecular complexity index is 667. The van der Waals surface area contributed by atoms with E-state index in [4.69, 9.17) is 9.15 Å². The number of carbonyl (C=O) groups is 3. The van der Waals surface area contributed by atoms with Gasteiger partial charge in [-0.25, -0.2) is 14.4 Å². The third kappa shape index (κ3) is 3.45. The number of fused-ring (bicyclic) bond motifs is 1. The highest BCUT2D eigenvalue weighted by Gasteiger charge is 2.08. The number of rotatable bonds is 3. The van der Waals surface area contributed by atoms with Gasteiger partial charge in [-0.05, 0) is 6.07 Å². The van der Waals surface area contributed by atoms with E-state index in [1.807, 2.05) is 6.07 Å². The van der Waals surface area contributed by atoms with Crippen molar-refractivity contribution in [3.05, 3.63) is 42.5 Å². The molecular weight excluding hydrogens is 266 g/mol. The van der Waals surface area contributed by atoms with Gasteiger partial charge in [0.25, 0.3) is 5.95 Å². The van der Waals surface area contributed by atoms with Gasteiger partial charge >= 0.3 is 18.0 Å². The fraction of sp³-hybridized carbons (Fsp3) is 0. The maximum atomic E-state index is 11.4. The van der Waals surface area contributed by atoms with Crippen LogP contribution in [0, 0.1) is 0 Å². The highest BCUT2D eigenvalue weighted by molar-refractivity contribution is 5.96. The number of hydrogen-bond donors (Lipinski definition) is 1. The van der Waals surface area contributed by atoms with E-state index in [0.717, 1.165) is 17.5 Å². The van der Waals surface area contributed by atoms with Crippen molar-refractivity contribution in [3.63, 3.8) is 0 Å². The molecule has 0 unspecified atom stereocenters. The Balaban J connectivity index is 1.99. The van der Waals surface area contributed by atoms with Gasteiger partial charge in [0.2, 0.25) is 0 Å². The van der Waals surface area contributed by atoms with Gasteiger partial charge in [-0.1, -0.05) is 18.2 Å². The van der Waals surface area contributed by atoms with E-state index in [9.17, 15) is 14.4 Å². The first-order valence-electron chi connectivity index (χ1n) is 5.44. The summed E-state index contributed by atoms with van der Waals surface area (Å²) in [6.45, 7) is 0. The number of hydrogen-bond acceptors (Lipinski definition) is 6. The largest absolute Gasteiger partial charge is 0.425 e. The molecule has 2 rings (SSSR count). The average Bonchev–Trinajstić information content (AvgIpc) is 2.77. The monoisotopic (exact) mass is 275 g/mol. The van der Waals surface area contributed by atoms with Crippen LogP contribution in [0.3, 0.4) is 0 Å². The second-order valence-corrected chi connectivity index (χ2v) is 3.60. The summed E-state index contributed by atoms with van der Waals surface area (Å²) in [4.78, 5) is 32.6. The summed E-state index contributed by atoms with van der Waals surface area (Å²) >= 11 is 0. The maximum absolute atomic E-state index is 11.4. The molecule has 0 saturated carbocycles. The lowest BCUT2D eigenvalue weighted by Gasteiger charge is -1.95. The molecule has 0 bridgehead atoms. The second-order valence-electron chi connectivity index (χ2n) is 3.60. The van der Waals surface area contributed by atoms with Crippen LogP contribution in [0.1, 0.15) is 0 Å². The Hall–Kier alpha value is -3.09. The predicted octanol–water partition coefficient (Wildman–Crippen LogP) is 1.52. The summed E-state index contributed by atoms with van der Waals surface area (Å²) in [7, 11) is 0. The third-order valence-electron chi connectivity index (χ3n) is 2.16. The molecule has 1 aromatic heterocycles. The number of furan rings is 1. The lowest BCUT2D eigenvalue weighted by molar-refractivity contribution is -0.133. The van der Waals surface area contributed by atoms with Crippen molar-refractivity contribution in [1.82, 2.24) is 0 Å². The van der Waals surface area contributed by atoms with Crippen LogP contribution >= 0.6 is 0 Å². The van der Waals surface area contributed by atoms with Crippen LogP contribution in [-0.2, 0) is 14.3 Å². The van der Waals surface area contributed by atoms with Gasteiger partial charge in [-0.3, -0.25) is 0 Å². The van der Waals surface area contributed by atoms with Crippen LogP contribution in [0.4, 0.5) is 4.79 Å².